The fraction of sp³-hybridized carbons (Fsp3) is 0.304. The lowest BCUT2D eigenvalue weighted by atomic mass is 10.1. The molecule has 2 aromatic carbocycles. The first-order valence-corrected chi connectivity index (χ1v) is 9.97. The number of halogens is 3. The Bertz CT molecular complexity index is 1090. The topological polar surface area (TPSA) is 58.2 Å². The fourth-order valence-corrected chi connectivity index (χ4v) is 3.69. The molecule has 5 nitrogen and oxygen atoms in total. The Morgan fingerprint density at radius 2 is 1.90 bits per heavy atom. The SMILES string of the molecule is CC(C)CN1Cc2cc(OCc3cn[nH]c3-c3ccc(C(F)(F)F)cc3)ccc2C1=O. The van der Waals surface area contributed by atoms with Crippen LogP contribution in [0.15, 0.2) is 48.7 Å². The van der Waals surface area contributed by atoms with E-state index in [1.165, 1.54) is 12.1 Å². The molecule has 0 saturated heterocycles. The van der Waals surface area contributed by atoms with Crippen LogP contribution < -0.4 is 4.74 Å². The minimum Gasteiger partial charge on any atom is -0.489 e. The molecule has 4 rings (SSSR count). The molecule has 1 aromatic heterocycles. The van der Waals surface area contributed by atoms with Crippen LogP contribution in [0.3, 0.4) is 0 Å². The van der Waals surface area contributed by atoms with E-state index in [1.54, 1.807) is 18.3 Å². The van der Waals surface area contributed by atoms with Crippen molar-refractivity contribution in [1.82, 2.24) is 15.1 Å². The average molecular weight is 429 g/mol. The van der Waals surface area contributed by atoms with Gasteiger partial charge < -0.3 is 9.64 Å². The summed E-state index contributed by atoms with van der Waals surface area (Å²) in [6, 6.07) is 10.3. The van der Waals surface area contributed by atoms with Crippen molar-refractivity contribution in [3.05, 3.63) is 70.9 Å². The first-order valence-electron chi connectivity index (χ1n) is 9.97. The maximum absolute atomic E-state index is 12.8. The van der Waals surface area contributed by atoms with Crippen LogP contribution >= 0.6 is 0 Å². The highest BCUT2D eigenvalue weighted by molar-refractivity contribution is 5.98. The van der Waals surface area contributed by atoms with E-state index in [1.807, 2.05) is 11.0 Å². The van der Waals surface area contributed by atoms with Crippen LogP contribution in [0, 0.1) is 5.92 Å². The molecule has 1 amide bonds. The van der Waals surface area contributed by atoms with Gasteiger partial charge in [0.15, 0.2) is 0 Å². The number of rotatable bonds is 6. The Morgan fingerprint density at radius 1 is 1.16 bits per heavy atom. The van der Waals surface area contributed by atoms with Crippen molar-refractivity contribution < 1.29 is 22.7 Å². The molecule has 162 valence electrons. The molecule has 0 radical (unpaired) electrons. The first kappa shape index (κ1) is 21.0. The van der Waals surface area contributed by atoms with Gasteiger partial charge in [0.2, 0.25) is 0 Å². The Balaban J connectivity index is 1.46. The number of benzene rings is 2. The van der Waals surface area contributed by atoms with Crippen molar-refractivity contribution in [3.63, 3.8) is 0 Å². The minimum atomic E-state index is -4.38. The molecule has 1 aliphatic heterocycles. The standard InChI is InChI=1S/C23H22F3N3O2/c1-14(2)11-29-12-16-9-19(7-8-20(16)22(29)30)31-13-17-10-27-28-21(17)15-3-5-18(6-4-15)23(24,25)26/h3-10,14H,11-13H2,1-2H3,(H,27,28). The Labute approximate surface area is 177 Å². The monoisotopic (exact) mass is 429 g/mol. The highest BCUT2D eigenvalue weighted by Gasteiger charge is 2.30. The van der Waals surface area contributed by atoms with Crippen molar-refractivity contribution >= 4 is 5.91 Å². The number of carbonyl (C=O) groups is 1. The summed E-state index contributed by atoms with van der Waals surface area (Å²) < 4.78 is 44.3. The van der Waals surface area contributed by atoms with Gasteiger partial charge >= 0.3 is 6.18 Å². The van der Waals surface area contributed by atoms with Crippen LogP contribution in [0.4, 0.5) is 13.2 Å². The normalized spacial score (nSPS) is 13.7. The Kier molecular flexibility index (Phi) is 5.47. The molecular formula is C23H22F3N3O2. The van der Waals surface area contributed by atoms with Crippen molar-refractivity contribution in [1.29, 1.82) is 0 Å². The first-order chi connectivity index (χ1) is 14.7. The summed E-state index contributed by atoms with van der Waals surface area (Å²) in [5.74, 6) is 1.05. The number of fused-ring (bicyclic) bond motifs is 1. The maximum Gasteiger partial charge on any atom is 0.416 e. The zero-order valence-corrected chi connectivity index (χ0v) is 17.2. The summed E-state index contributed by atoms with van der Waals surface area (Å²) in [6.45, 7) is 5.60. The molecule has 0 bridgehead atoms. The average Bonchev–Trinajstić information content (AvgIpc) is 3.30. The molecule has 0 saturated carbocycles. The van der Waals surface area contributed by atoms with Crippen LogP contribution in [0.2, 0.25) is 0 Å². The van der Waals surface area contributed by atoms with Gasteiger partial charge in [-0.05, 0) is 47.4 Å². The zero-order valence-electron chi connectivity index (χ0n) is 17.2. The number of carbonyl (C=O) groups excluding carboxylic acids is 1. The molecular weight excluding hydrogens is 407 g/mol. The van der Waals surface area contributed by atoms with Crippen LogP contribution in [0.1, 0.15) is 40.9 Å². The lowest BCUT2D eigenvalue weighted by molar-refractivity contribution is -0.137. The summed E-state index contributed by atoms with van der Waals surface area (Å²) in [5, 5.41) is 6.83. The van der Waals surface area contributed by atoms with E-state index in [0.29, 0.717) is 41.6 Å². The third-order valence-corrected chi connectivity index (χ3v) is 5.15. The molecule has 31 heavy (non-hydrogen) atoms. The van der Waals surface area contributed by atoms with Gasteiger partial charge in [0, 0.05) is 24.2 Å². The highest BCUT2D eigenvalue weighted by atomic mass is 19.4. The summed E-state index contributed by atoms with van der Waals surface area (Å²) in [5.41, 5.74) is 2.84. The van der Waals surface area contributed by atoms with Crippen molar-refractivity contribution in [3.8, 4) is 17.0 Å². The second kappa shape index (κ2) is 8.09. The third kappa shape index (κ3) is 4.42. The van der Waals surface area contributed by atoms with E-state index in [0.717, 1.165) is 23.3 Å². The number of nitrogens with one attached hydrogen (secondary N) is 1. The fourth-order valence-electron chi connectivity index (χ4n) is 3.69. The molecule has 0 fully saturated rings. The van der Waals surface area contributed by atoms with Crippen molar-refractivity contribution in [2.45, 2.75) is 33.2 Å². The second-order valence-corrected chi connectivity index (χ2v) is 8.03. The molecule has 0 unspecified atom stereocenters. The Morgan fingerprint density at radius 3 is 2.58 bits per heavy atom. The summed E-state index contributed by atoms with van der Waals surface area (Å²) in [6.07, 6.45) is -2.79. The summed E-state index contributed by atoms with van der Waals surface area (Å²) in [4.78, 5) is 14.3. The second-order valence-electron chi connectivity index (χ2n) is 8.03. The minimum absolute atomic E-state index is 0.0367. The summed E-state index contributed by atoms with van der Waals surface area (Å²) in [7, 11) is 0. The molecule has 1 aliphatic rings. The summed E-state index contributed by atoms with van der Waals surface area (Å²) >= 11 is 0. The molecule has 8 heteroatoms. The lowest BCUT2D eigenvalue weighted by Crippen LogP contribution is -2.27. The van der Waals surface area contributed by atoms with Crippen molar-refractivity contribution in [2.24, 2.45) is 5.92 Å². The number of hydrogen-bond donors (Lipinski definition) is 1. The van der Waals surface area contributed by atoms with E-state index in [4.69, 9.17) is 4.74 Å². The van der Waals surface area contributed by atoms with Gasteiger partial charge in [0.1, 0.15) is 12.4 Å². The number of aromatic nitrogens is 2. The van der Waals surface area contributed by atoms with Crippen LogP contribution in [0.5, 0.6) is 5.75 Å². The largest absolute Gasteiger partial charge is 0.489 e. The number of hydrogen-bond acceptors (Lipinski definition) is 3. The van der Waals surface area contributed by atoms with Gasteiger partial charge in [-0.15, -0.1) is 0 Å². The van der Waals surface area contributed by atoms with Crippen LogP contribution in [-0.2, 0) is 19.3 Å². The molecule has 2 heterocycles. The van der Waals surface area contributed by atoms with Crippen molar-refractivity contribution in [2.75, 3.05) is 6.54 Å². The number of alkyl halides is 3. The van der Waals surface area contributed by atoms with Gasteiger partial charge in [0.25, 0.3) is 5.91 Å². The van der Waals surface area contributed by atoms with Gasteiger partial charge in [-0.1, -0.05) is 26.0 Å². The van der Waals surface area contributed by atoms with Gasteiger partial charge in [-0.3, -0.25) is 9.89 Å². The number of H-pyrrole nitrogens is 1. The maximum atomic E-state index is 12.8. The van der Waals surface area contributed by atoms with Crippen LogP contribution in [0.25, 0.3) is 11.3 Å². The van der Waals surface area contributed by atoms with Gasteiger partial charge in [-0.2, -0.15) is 18.3 Å². The van der Waals surface area contributed by atoms with E-state index < -0.39 is 11.7 Å². The van der Waals surface area contributed by atoms with E-state index >= 15 is 0 Å². The van der Waals surface area contributed by atoms with E-state index in [-0.39, 0.29) is 12.5 Å². The zero-order chi connectivity index (χ0) is 22.2. The van der Waals surface area contributed by atoms with E-state index in [9.17, 15) is 18.0 Å². The number of ether oxygens (including phenoxy) is 1. The quantitative estimate of drug-likeness (QED) is 0.580. The van der Waals surface area contributed by atoms with Gasteiger partial charge in [-0.25, -0.2) is 0 Å². The Hall–Kier alpha value is -3.29. The smallest absolute Gasteiger partial charge is 0.416 e. The molecule has 0 aliphatic carbocycles. The highest BCUT2D eigenvalue weighted by Crippen LogP contribution is 2.32. The molecule has 0 spiro atoms. The third-order valence-electron chi connectivity index (χ3n) is 5.15. The predicted octanol–water partition coefficient (Wildman–Crippen LogP) is 5.29. The molecule has 0 atom stereocenters. The molecule has 3 aromatic rings. The lowest BCUT2D eigenvalue weighted by Gasteiger charge is -2.17. The van der Waals surface area contributed by atoms with Crippen LogP contribution in [-0.4, -0.2) is 27.5 Å². The number of aromatic amines is 1. The predicted molar refractivity (Wildman–Crippen MR) is 109 cm³/mol. The van der Waals surface area contributed by atoms with Gasteiger partial charge in [0.05, 0.1) is 17.5 Å². The number of amides is 1. The number of nitrogens with zero attached hydrogens (tertiary/aromatic N) is 2. The van der Waals surface area contributed by atoms with E-state index in [2.05, 4.69) is 24.0 Å². The molecule has 1 N–H and O–H groups in total.